The summed E-state index contributed by atoms with van der Waals surface area (Å²) in [7, 11) is 0. The molecule has 0 aliphatic carbocycles. The number of benzene rings is 1. The van der Waals surface area contributed by atoms with E-state index >= 15 is 0 Å². The predicted molar refractivity (Wildman–Crippen MR) is 139 cm³/mol. The molecule has 35 heavy (non-hydrogen) atoms. The summed E-state index contributed by atoms with van der Waals surface area (Å²) in [4.78, 5) is 13.5. The van der Waals surface area contributed by atoms with E-state index in [0.29, 0.717) is 35.5 Å². The average molecular weight is 473 g/mol. The Bertz CT molecular complexity index is 1210. The van der Waals surface area contributed by atoms with Gasteiger partial charge in [0.05, 0.1) is 17.9 Å². The number of nitrogens with zero attached hydrogens (tertiary/aromatic N) is 6. The molecule has 1 unspecified atom stereocenters. The molecule has 2 aromatic heterocycles. The third-order valence-corrected chi connectivity index (χ3v) is 6.13. The van der Waals surface area contributed by atoms with Crippen LogP contribution in [0.25, 0.3) is 11.3 Å². The van der Waals surface area contributed by atoms with Gasteiger partial charge in [-0.1, -0.05) is 25.0 Å². The number of nitrogens with one attached hydrogen (secondary N) is 1. The molecular weight excluding hydrogens is 440 g/mol. The zero-order chi connectivity index (χ0) is 24.6. The summed E-state index contributed by atoms with van der Waals surface area (Å²) in [6, 6.07) is 11.4. The summed E-state index contributed by atoms with van der Waals surface area (Å²) in [5.74, 6) is 8.12. The number of anilines is 3. The Kier molecular flexibility index (Phi) is 7.95. The van der Waals surface area contributed by atoms with Gasteiger partial charge < -0.3 is 26.0 Å². The lowest BCUT2D eigenvalue weighted by molar-refractivity contribution is 0.477. The number of nitrogens with two attached hydrogens (primary N) is 1. The van der Waals surface area contributed by atoms with E-state index in [1.165, 1.54) is 0 Å². The van der Waals surface area contributed by atoms with Crippen molar-refractivity contribution in [3.8, 4) is 28.8 Å². The molecule has 0 amide bonds. The van der Waals surface area contributed by atoms with Crippen molar-refractivity contribution in [2.75, 3.05) is 48.3 Å². The molecule has 0 bridgehead atoms. The van der Waals surface area contributed by atoms with E-state index in [1.807, 2.05) is 24.3 Å². The molecule has 1 fully saturated rings. The Morgan fingerprint density at radius 3 is 2.74 bits per heavy atom. The maximum absolute atomic E-state index is 10.2. The summed E-state index contributed by atoms with van der Waals surface area (Å²) in [5, 5.41) is 21.9. The number of nitrogen functional groups attached to an aromatic ring is 1. The predicted octanol–water partition coefficient (Wildman–Crippen LogP) is 2.68. The third-order valence-electron chi connectivity index (χ3n) is 6.13. The fourth-order valence-electron chi connectivity index (χ4n) is 3.93. The van der Waals surface area contributed by atoms with Crippen LogP contribution in [-0.2, 0) is 0 Å². The Balaban J connectivity index is 1.45. The fourth-order valence-corrected chi connectivity index (χ4v) is 3.93. The molecule has 4 N–H and O–H groups in total. The molecule has 1 atom stereocenters. The number of hydrogen-bond donors (Lipinski definition) is 3. The normalized spacial score (nSPS) is 14.7. The van der Waals surface area contributed by atoms with Gasteiger partial charge in [0, 0.05) is 44.0 Å². The van der Waals surface area contributed by atoms with Crippen molar-refractivity contribution in [2.45, 2.75) is 32.7 Å². The van der Waals surface area contributed by atoms with Crippen LogP contribution in [0.3, 0.4) is 0 Å². The highest BCUT2D eigenvalue weighted by molar-refractivity contribution is 5.74. The van der Waals surface area contributed by atoms with Gasteiger partial charge in [-0.25, -0.2) is 9.97 Å². The second-order valence-electron chi connectivity index (χ2n) is 8.58. The molecule has 0 spiro atoms. The van der Waals surface area contributed by atoms with Gasteiger partial charge in [0.25, 0.3) is 0 Å². The average Bonchev–Trinajstić information content (AvgIpc) is 3.14. The van der Waals surface area contributed by atoms with Crippen LogP contribution in [-0.4, -0.2) is 64.0 Å². The number of phenolic OH excluding ortho intramolecular Hbond substituents is 1. The minimum atomic E-state index is 0.165. The van der Waals surface area contributed by atoms with E-state index in [1.54, 1.807) is 18.3 Å². The summed E-state index contributed by atoms with van der Waals surface area (Å²) < 4.78 is 0. The Morgan fingerprint density at radius 2 is 1.91 bits per heavy atom. The fraction of sp³-hybridized carbons (Fsp3) is 0.385. The number of aromatic hydroxyl groups is 1. The number of aromatic nitrogens is 4. The first-order chi connectivity index (χ1) is 17.0. The van der Waals surface area contributed by atoms with Crippen molar-refractivity contribution in [3.05, 3.63) is 48.4 Å². The molecule has 0 saturated carbocycles. The number of hydrogen-bond acceptors (Lipinski definition) is 9. The van der Waals surface area contributed by atoms with Crippen molar-refractivity contribution in [3.63, 3.8) is 0 Å². The summed E-state index contributed by atoms with van der Waals surface area (Å²) in [5.41, 5.74) is 8.25. The molecule has 1 saturated heterocycles. The molecule has 4 rings (SSSR count). The number of phenols is 1. The first kappa shape index (κ1) is 24.2. The van der Waals surface area contributed by atoms with E-state index in [9.17, 15) is 5.11 Å². The van der Waals surface area contributed by atoms with Crippen molar-refractivity contribution in [2.24, 2.45) is 0 Å². The van der Waals surface area contributed by atoms with Crippen LogP contribution in [0.15, 0.2) is 42.6 Å². The Hall–Kier alpha value is -3.90. The third kappa shape index (κ3) is 6.16. The standard InChI is InChI=1S/C26H32N8O/c1-3-19(2)28-12-6-10-24-29-13-11-25(30-24)34-15-7-14-33(16-17-34)22-18-21(31-32-26(22)27)20-8-4-5-9-23(20)35/h4-5,8-9,11,13,18-19,28,35H,3,7,12,14-17H2,1-2H3,(H2,27,32). The second kappa shape index (κ2) is 11.5. The van der Waals surface area contributed by atoms with E-state index in [4.69, 9.17) is 5.73 Å². The highest BCUT2D eigenvalue weighted by Gasteiger charge is 2.20. The van der Waals surface area contributed by atoms with Crippen molar-refractivity contribution < 1.29 is 5.11 Å². The minimum Gasteiger partial charge on any atom is -0.507 e. The van der Waals surface area contributed by atoms with E-state index in [2.05, 4.69) is 61.0 Å². The zero-order valence-electron chi connectivity index (χ0n) is 20.3. The molecule has 9 nitrogen and oxygen atoms in total. The van der Waals surface area contributed by atoms with Crippen LogP contribution >= 0.6 is 0 Å². The lowest BCUT2D eigenvalue weighted by Crippen LogP contribution is -2.31. The smallest absolute Gasteiger partial charge is 0.206 e. The maximum atomic E-state index is 10.2. The molecule has 3 heterocycles. The van der Waals surface area contributed by atoms with Gasteiger partial charge in [0.1, 0.15) is 11.6 Å². The van der Waals surface area contributed by atoms with E-state index in [0.717, 1.165) is 50.5 Å². The van der Waals surface area contributed by atoms with Crippen LogP contribution in [0, 0.1) is 11.8 Å². The SMILES string of the molecule is CCC(C)NCC#Cc1nccc(N2CCCN(c3cc(-c4ccccc4O)nnc3N)CC2)n1. The van der Waals surface area contributed by atoms with Crippen LogP contribution in [0.5, 0.6) is 5.75 Å². The number of para-hydroxylation sites is 1. The van der Waals surface area contributed by atoms with Gasteiger partial charge in [-0.3, -0.25) is 0 Å². The first-order valence-electron chi connectivity index (χ1n) is 12.0. The molecule has 1 aliphatic rings. The van der Waals surface area contributed by atoms with Crippen molar-refractivity contribution in [1.82, 2.24) is 25.5 Å². The van der Waals surface area contributed by atoms with Gasteiger partial charge in [-0.15, -0.1) is 10.2 Å². The molecule has 3 aromatic rings. The summed E-state index contributed by atoms with van der Waals surface area (Å²) in [6.45, 7) is 8.11. The molecule has 182 valence electrons. The van der Waals surface area contributed by atoms with Gasteiger partial charge in [0.2, 0.25) is 5.82 Å². The topological polar surface area (TPSA) is 116 Å². The first-order valence-corrected chi connectivity index (χ1v) is 12.0. The van der Waals surface area contributed by atoms with Gasteiger partial charge in [0.15, 0.2) is 5.82 Å². The lowest BCUT2D eigenvalue weighted by atomic mass is 10.1. The molecular formula is C26H32N8O. The molecule has 1 aliphatic heterocycles. The van der Waals surface area contributed by atoms with Gasteiger partial charge in [-0.05, 0) is 50.0 Å². The quantitative estimate of drug-likeness (QED) is 0.466. The highest BCUT2D eigenvalue weighted by Crippen LogP contribution is 2.31. The minimum absolute atomic E-state index is 0.165. The van der Waals surface area contributed by atoms with Crippen LogP contribution in [0.2, 0.25) is 0 Å². The summed E-state index contributed by atoms with van der Waals surface area (Å²) >= 11 is 0. The van der Waals surface area contributed by atoms with E-state index in [-0.39, 0.29) is 5.75 Å². The molecule has 9 heteroatoms. The van der Waals surface area contributed by atoms with E-state index < -0.39 is 0 Å². The highest BCUT2D eigenvalue weighted by atomic mass is 16.3. The maximum Gasteiger partial charge on any atom is 0.206 e. The second-order valence-corrected chi connectivity index (χ2v) is 8.58. The monoisotopic (exact) mass is 472 g/mol. The van der Waals surface area contributed by atoms with Crippen molar-refractivity contribution in [1.29, 1.82) is 0 Å². The Morgan fingerprint density at radius 1 is 1.11 bits per heavy atom. The van der Waals surface area contributed by atoms with Gasteiger partial charge >= 0.3 is 0 Å². The van der Waals surface area contributed by atoms with Crippen molar-refractivity contribution >= 4 is 17.3 Å². The zero-order valence-corrected chi connectivity index (χ0v) is 20.3. The van der Waals surface area contributed by atoms with Gasteiger partial charge in [-0.2, -0.15) is 0 Å². The molecule has 1 aromatic carbocycles. The Labute approximate surface area is 206 Å². The summed E-state index contributed by atoms with van der Waals surface area (Å²) in [6.07, 6.45) is 3.76. The molecule has 0 radical (unpaired) electrons. The largest absolute Gasteiger partial charge is 0.507 e. The van der Waals surface area contributed by atoms with Crippen LogP contribution < -0.4 is 20.9 Å². The number of rotatable bonds is 6. The van der Waals surface area contributed by atoms with Crippen LogP contribution in [0.4, 0.5) is 17.3 Å². The lowest BCUT2D eigenvalue weighted by Gasteiger charge is -2.25. The van der Waals surface area contributed by atoms with Crippen LogP contribution in [0.1, 0.15) is 32.5 Å².